The van der Waals surface area contributed by atoms with Crippen LogP contribution in [0.2, 0.25) is 0 Å². The van der Waals surface area contributed by atoms with Crippen molar-refractivity contribution in [2.45, 2.75) is 12.7 Å². The van der Waals surface area contributed by atoms with Gasteiger partial charge in [0.15, 0.2) is 5.69 Å². The lowest BCUT2D eigenvalue weighted by atomic mass is 10.2. The third-order valence-corrected chi connectivity index (χ3v) is 1.96. The maximum Gasteiger partial charge on any atom is 0.435 e. The lowest BCUT2D eigenvalue weighted by molar-refractivity contribution is -0.141. The van der Waals surface area contributed by atoms with Gasteiger partial charge in [-0.25, -0.2) is 4.98 Å². The Bertz CT molecular complexity index is 382. The van der Waals surface area contributed by atoms with Gasteiger partial charge < -0.3 is 9.88 Å². The van der Waals surface area contributed by atoms with E-state index in [9.17, 15) is 18.0 Å². The Morgan fingerprint density at radius 3 is 2.86 bits per heavy atom. The molecular formula is C7H6F3N3O. The number of halogens is 3. The molecule has 0 saturated carbocycles. The molecule has 1 amide bonds. The Hall–Kier alpha value is -1.53. The minimum absolute atomic E-state index is 0.324. The summed E-state index contributed by atoms with van der Waals surface area (Å²) in [5.74, 6) is -0.721. The van der Waals surface area contributed by atoms with E-state index in [0.29, 0.717) is 13.1 Å². The molecule has 0 aliphatic carbocycles. The van der Waals surface area contributed by atoms with Crippen LogP contribution in [-0.2, 0) is 12.7 Å². The molecule has 0 unspecified atom stereocenters. The quantitative estimate of drug-likeness (QED) is 0.675. The molecule has 1 aliphatic rings. The SMILES string of the molecule is O=C1NCCn2cnc(C(F)(F)F)c21. The van der Waals surface area contributed by atoms with E-state index in [1.54, 1.807) is 0 Å². The zero-order valence-corrected chi connectivity index (χ0v) is 6.93. The number of nitrogens with one attached hydrogen (secondary N) is 1. The minimum atomic E-state index is -4.57. The standard InChI is InChI=1S/C7H6F3N3O/c8-7(9,10)5-4-6(14)11-1-2-13(4)3-12-5/h3H,1-2H2,(H,11,14). The van der Waals surface area contributed by atoms with Crippen molar-refractivity contribution in [3.63, 3.8) is 0 Å². The maximum absolute atomic E-state index is 12.3. The summed E-state index contributed by atoms with van der Waals surface area (Å²) >= 11 is 0. The fourth-order valence-electron chi connectivity index (χ4n) is 1.37. The van der Waals surface area contributed by atoms with E-state index in [0.717, 1.165) is 6.33 Å². The second-order valence-corrected chi connectivity index (χ2v) is 2.89. The van der Waals surface area contributed by atoms with Crippen LogP contribution in [0.4, 0.5) is 13.2 Å². The molecule has 0 spiro atoms. The first-order valence-corrected chi connectivity index (χ1v) is 3.90. The van der Waals surface area contributed by atoms with Crippen molar-refractivity contribution in [1.29, 1.82) is 0 Å². The van der Waals surface area contributed by atoms with Gasteiger partial charge in [0.1, 0.15) is 5.69 Å². The molecule has 0 radical (unpaired) electrons. The van der Waals surface area contributed by atoms with Crippen LogP contribution < -0.4 is 5.32 Å². The van der Waals surface area contributed by atoms with E-state index in [1.807, 2.05) is 0 Å². The highest BCUT2D eigenvalue weighted by Gasteiger charge is 2.40. The summed E-state index contributed by atoms with van der Waals surface area (Å²) in [6.07, 6.45) is -3.54. The molecule has 1 aromatic heterocycles. The highest BCUT2D eigenvalue weighted by atomic mass is 19.4. The molecule has 2 rings (SSSR count). The predicted octanol–water partition coefficient (Wildman–Crippen LogP) is 0.645. The highest BCUT2D eigenvalue weighted by Crippen LogP contribution is 2.31. The Morgan fingerprint density at radius 2 is 2.21 bits per heavy atom. The van der Waals surface area contributed by atoms with Crippen LogP contribution in [0.15, 0.2) is 6.33 Å². The summed E-state index contributed by atoms with van der Waals surface area (Å²) in [7, 11) is 0. The van der Waals surface area contributed by atoms with Crippen molar-refractivity contribution in [2.24, 2.45) is 0 Å². The number of nitrogens with zero attached hydrogens (tertiary/aromatic N) is 2. The van der Waals surface area contributed by atoms with Crippen LogP contribution in [0.25, 0.3) is 0 Å². The average Bonchev–Trinajstić information content (AvgIpc) is 2.47. The monoisotopic (exact) mass is 205 g/mol. The van der Waals surface area contributed by atoms with Crippen molar-refractivity contribution in [1.82, 2.24) is 14.9 Å². The second-order valence-electron chi connectivity index (χ2n) is 2.89. The van der Waals surface area contributed by atoms with Crippen LogP contribution >= 0.6 is 0 Å². The Labute approximate surface area is 76.7 Å². The molecule has 7 heteroatoms. The average molecular weight is 205 g/mol. The van der Waals surface area contributed by atoms with Gasteiger partial charge in [-0.05, 0) is 0 Å². The summed E-state index contributed by atoms with van der Waals surface area (Å²) in [6.45, 7) is 0.656. The summed E-state index contributed by atoms with van der Waals surface area (Å²) in [5, 5.41) is 2.34. The van der Waals surface area contributed by atoms with Gasteiger partial charge in [-0.15, -0.1) is 0 Å². The van der Waals surface area contributed by atoms with E-state index in [-0.39, 0.29) is 0 Å². The molecule has 14 heavy (non-hydrogen) atoms. The summed E-state index contributed by atoms with van der Waals surface area (Å²) in [5.41, 5.74) is -1.52. The molecule has 0 aromatic carbocycles. The molecule has 0 atom stereocenters. The van der Waals surface area contributed by atoms with Crippen LogP contribution in [-0.4, -0.2) is 22.0 Å². The molecule has 76 valence electrons. The number of carbonyl (C=O) groups is 1. The van der Waals surface area contributed by atoms with Gasteiger partial charge in [-0.2, -0.15) is 13.2 Å². The first-order chi connectivity index (χ1) is 6.50. The van der Waals surface area contributed by atoms with Gasteiger partial charge in [0, 0.05) is 13.1 Å². The highest BCUT2D eigenvalue weighted by molar-refractivity contribution is 5.94. The maximum atomic E-state index is 12.3. The third-order valence-electron chi connectivity index (χ3n) is 1.96. The zero-order chi connectivity index (χ0) is 10.3. The van der Waals surface area contributed by atoms with Crippen molar-refractivity contribution < 1.29 is 18.0 Å². The van der Waals surface area contributed by atoms with Gasteiger partial charge in [0.2, 0.25) is 0 Å². The zero-order valence-electron chi connectivity index (χ0n) is 6.93. The number of aromatic nitrogens is 2. The van der Waals surface area contributed by atoms with E-state index in [2.05, 4.69) is 10.3 Å². The topological polar surface area (TPSA) is 46.9 Å². The molecule has 2 heterocycles. The number of hydrogen-bond acceptors (Lipinski definition) is 2. The fourth-order valence-corrected chi connectivity index (χ4v) is 1.37. The Kier molecular flexibility index (Phi) is 1.76. The molecular weight excluding hydrogens is 199 g/mol. The lowest BCUT2D eigenvalue weighted by Gasteiger charge is -2.16. The van der Waals surface area contributed by atoms with Crippen molar-refractivity contribution in [3.8, 4) is 0 Å². The number of fused-ring (bicyclic) bond motifs is 1. The normalized spacial score (nSPS) is 16.4. The van der Waals surface area contributed by atoms with Crippen LogP contribution in [0.3, 0.4) is 0 Å². The molecule has 1 aliphatic heterocycles. The summed E-state index contributed by atoms with van der Waals surface area (Å²) < 4.78 is 38.2. The molecule has 1 N–H and O–H groups in total. The van der Waals surface area contributed by atoms with Gasteiger partial charge in [-0.1, -0.05) is 0 Å². The van der Waals surface area contributed by atoms with Crippen molar-refractivity contribution in [2.75, 3.05) is 6.54 Å². The first-order valence-electron chi connectivity index (χ1n) is 3.90. The van der Waals surface area contributed by atoms with E-state index in [4.69, 9.17) is 0 Å². The molecule has 1 aromatic rings. The van der Waals surface area contributed by atoms with Gasteiger partial charge in [0.05, 0.1) is 6.33 Å². The number of imidazole rings is 1. The summed E-state index contributed by atoms with van der Waals surface area (Å²) in [4.78, 5) is 14.3. The van der Waals surface area contributed by atoms with Crippen LogP contribution in [0.1, 0.15) is 16.2 Å². The predicted molar refractivity (Wildman–Crippen MR) is 39.6 cm³/mol. The van der Waals surface area contributed by atoms with Crippen molar-refractivity contribution >= 4 is 5.91 Å². The van der Waals surface area contributed by atoms with Crippen LogP contribution in [0, 0.1) is 0 Å². The van der Waals surface area contributed by atoms with Gasteiger partial charge in [0.25, 0.3) is 5.91 Å². The number of rotatable bonds is 0. The van der Waals surface area contributed by atoms with Crippen LogP contribution in [0.5, 0.6) is 0 Å². The largest absolute Gasteiger partial charge is 0.435 e. The van der Waals surface area contributed by atoms with E-state index >= 15 is 0 Å². The third kappa shape index (κ3) is 1.24. The lowest BCUT2D eigenvalue weighted by Crippen LogP contribution is -2.36. The number of amides is 1. The minimum Gasteiger partial charge on any atom is -0.349 e. The smallest absolute Gasteiger partial charge is 0.349 e. The number of alkyl halides is 3. The van der Waals surface area contributed by atoms with Crippen molar-refractivity contribution in [3.05, 3.63) is 17.7 Å². The molecule has 0 saturated heterocycles. The fraction of sp³-hybridized carbons (Fsp3) is 0.429. The first kappa shape index (κ1) is 9.04. The molecule has 0 fully saturated rings. The Morgan fingerprint density at radius 1 is 1.50 bits per heavy atom. The molecule has 4 nitrogen and oxygen atoms in total. The molecule has 0 bridgehead atoms. The number of hydrogen-bond donors (Lipinski definition) is 1. The van der Waals surface area contributed by atoms with Gasteiger partial charge in [-0.3, -0.25) is 4.79 Å². The van der Waals surface area contributed by atoms with E-state index < -0.39 is 23.5 Å². The number of carbonyl (C=O) groups excluding carboxylic acids is 1. The second kappa shape index (κ2) is 2.73. The Balaban J connectivity index is 2.54. The summed E-state index contributed by atoms with van der Waals surface area (Å²) in [6, 6.07) is 0. The van der Waals surface area contributed by atoms with E-state index in [1.165, 1.54) is 4.57 Å². The van der Waals surface area contributed by atoms with Gasteiger partial charge >= 0.3 is 6.18 Å².